The van der Waals surface area contributed by atoms with E-state index in [1.54, 1.807) is 11.8 Å². The van der Waals surface area contributed by atoms with E-state index in [9.17, 15) is 9.59 Å². The first-order valence-corrected chi connectivity index (χ1v) is 9.04. The maximum Gasteiger partial charge on any atom is 0.311 e. The van der Waals surface area contributed by atoms with Crippen LogP contribution in [-0.2, 0) is 11.2 Å². The fourth-order valence-electron chi connectivity index (χ4n) is 3.89. The van der Waals surface area contributed by atoms with Crippen LogP contribution in [0.5, 0.6) is 11.5 Å². The minimum absolute atomic E-state index is 0.138. The number of fused-ring (bicyclic) bond motifs is 1. The maximum absolute atomic E-state index is 13.3. The lowest BCUT2D eigenvalue weighted by Gasteiger charge is -2.29. The first kappa shape index (κ1) is 17.5. The number of hydrogen-bond acceptors (Lipinski definition) is 5. The molecule has 2 aliphatic heterocycles. The summed E-state index contributed by atoms with van der Waals surface area (Å²) < 4.78 is 16.8. The standard InChI is InChI=1S/C20H21NO6/c1-12-11-27-16(10-17(22)23)18(12)20(24)21-7-3-5-14(21)13-4-2-6-15-19(13)26-9-8-25-15/h2,4,6,11,14H,3,5,7-10H2,1H3,(H,22,23). The number of ether oxygens (including phenoxy) is 2. The van der Waals surface area contributed by atoms with E-state index >= 15 is 0 Å². The average Bonchev–Trinajstić information content (AvgIpc) is 3.27. The molecule has 1 aromatic carbocycles. The molecule has 0 bridgehead atoms. The molecular formula is C20H21NO6. The van der Waals surface area contributed by atoms with Crippen LogP contribution in [0.1, 0.15) is 46.1 Å². The molecule has 1 saturated heterocycles. The Bertz CT molecular complexity index is 887. The Morgan fingerprint density at radius 1 is 1.26 bits per heavy atom. The van der Waals surface area contributed by atoms with E-state index < -0.39 is 5.97 Å². The van der Waals surface area contributed by atoms with Crippen molar-refractivity contribution in [1.82, 2.24) is 4.90 Å². The van der Waals surface area contributed by atoms with Crippen molar-refractivity contribution >= 4 is 11.9 Å². The Labute approximate surface area is 156 Å². The maximum atomic E-state index is 13.3. The van der Waals surface area contributed by atoms with Gasteiger partial charge in [0, 0.05) is 17.7 Å². The lowest BCUT2D eigenvalue weighted by Crippen LogP contribution is -2.32. The third kappa shape index (κ3) is 3.13. The number of likely N-dealkylation sites (tertiary alicyclic amines) is 1. The quantitative estimate of drug-likeness (QED) is 0.889. The summed E-state index contributed by atoms with van der Waals surface area (Å²) in [5.41, 5.74) is 1.93. The minimum Gasteiger partial charge on any atom is -0.486 e. The first-order valence-electron chi connectivity index (χ1n) is 9.04. The van der Waals surface area contributed by atoms with Crippen molar-refractivity contribution < 1.29 is 28.6 Å². The number of aryl methyl sites for hydroxylation is 1. The predicted molar refractivity (Wildman–Crippen MR) is 95.2 cm³/mol. The summed E-state index contributed by atoms with van der Waals surface area (Å²) in [6.07, 6.45) is 2.81. The number of hydrogen-bond donors (Lipinski definition) is 1. The Kier molecular flexibility index (Phi) is 4.51. The highest BCUT2D eigenvalue weighted by Crippen LogP contribution is 2.43. The van der Waals surface area contributed by atoms with Gasteiger partial charge in [0.05, 0.1) is 17.9 Å². The molecule has 1 amide bonds. The largest absolute Gasteiger partial charge is 0.486 e. The molecule has 1 N–H and O–H groups in total. The smallest absolute Gasteiger partial charge is 0.311 e. The zero-order valence-corrected chi connectivity index (χ0v) is 15.1. The van der Waals surface area contributed by atoms with Gasteiger partial charge < -0.3 is 23.9 Å². The molecule has 1 fully saturated rings. The van der Waals surface area contributed by atoms with Gasteiger partial charge in [0.1, 0.15) is 25.4 Å². The van der Waals surface area contributed by atoms with Crippen LogP contribution < -0.4 is 9.47 Å². The van der Waals surface area contributed by atoms with E-state index in [2.05, 4.69) is 0 Å². The Hall–Kier alpha value is -2.96. The molecule has 7 heteroatoms. The molecule has 27 heavy (non-hydrogen) atoms. The van der Waals surface area contributed by atoms with E-state index in [1.165, 1.54) is 6.26 Å². The second kappa shape index (κ2) is 6.98. The number of benzene rings is 1. The van der Waals surface area contributed by atoms with Crippen molar-refractivity contribution in [2.24, 2.45) is 0 Å². The van der Waals surface area contributed by atoms with Crippen molar-refractivity contribution in [2.75, 3.05) is 19.8 Å². The summed E-state index contributed by atoms with van der Waals surface area (Å²) in [7, 11) is 0. The summed E-state index contributed by atoms with van der Waals surface area (Å²) in [4.78, 5) is 26.2. The van der Waals surface area contributed by atoms with Crippen LogP contribution >= 0.6 is 0 Å². The molecule has 0 radical (unpaired) electrons. The Balaban J connectivity index is 1.68. The number of para-hydroxylation sites is 1. The monoisotopic (exact) mass is 371 g/mol. The van der Waals surface area contributed by atoms with E-state index in [0.717, 1.165) is 18.4 Å². The normalized spacial score (nSPS) is 18.6. The van der Waals surface area contributed by atoms with Gasteiger partial charge in [-0.1, -0.05) is 12.1 Å². The Morgan fingerprint density at radius 2 is 2.07 bits per heavy atom. The van der Waals surface area contributed by atoms with Gasteiger partial charge in [-0.25, -0.2) is 0 Å². The molecule has 1 atom stereocenters. The van der Waals surface area contributed by atoms with Crippen LogP contribution in [0.4, 0.5) is 0 Å². The summed E-state index contributed by atoms with van der Waals surface area (Å²) >= 11 is 0. The van der Waals surface area contributed by atoms with Crippen LogP contribution in [0.3, 0.4) is 0 Å². The number of nitrogens with zero attached hydrogens (tertiary/aromatic N) is 1. The van der Waals surface area contributed by atoms with Crippen LogP contribution in [0.2, 0.25) is 0 Å². The number of carbonyl (C=O) groups excluding carboxylic acids is 1. The number of furan rings is 1. The fraction of sp³-hybridized carbons (Fsp3) is 0.400. The van der Waals surface area contributed by atoms with Crippen LogP contribution in [0.25, 0.3) is 0 Å². The van der Waals surface area contributed by atoms with Crippen LogP contribution in [0, 0.1) is 6.92 Å². The molecule has 0 aliphatic carbocycles. The molecule has 7 nitrogen and oxygen atoms in total. The number of carboxylic acids is 1. The van der Waals surface area contributed by atoms with E-state index in [0.29, 0.717) is 42.4 Å². The number of aliphatic carboxylic acids is 1. The van der Waals surface area contributed by atoms with Gasteiger partial charge in [0.2, 0.25) is 0 Å². The number of carboxylic acid groups (broad SMARTS) is 1. The topological polar surface area (TPSA) is 89.2 Å². The van der Waals surface area contributed by atoms with Gasteiger partial charge >= 0.3 is 5.97 Å². The summed E-state index contributed by atoms with van der Waals surface area (Å²) in [6, 6.07) is 5.60. The second-order valence-corrected chi connectivity index (χ2v) is 6.82. The summed E-state index contributed by atoms with van der Waals surface area (Å²) in [6.45, 7) is 3.35. The molecule has 0 spiro atoms. The van der Waals surface area contributed by atoms with E-state index in [4.69, 9.17) is 19.0 Å². The molecule has 4 rings (SSSR count). The number of amides is 1. The second-order valence-electron chi connectivity index (χ2n) is 6.82. The lowest BCUT2D eigenvalue weighted by atomic mass is 10.0. The molecule has 2 aliphatic rings. The third-order valence-corrected chi connectivity index (χ3v) is 5.05. The molecule has 1 aromatic heterocycles. The molecular weight excluding hydrogens is 350 g/mol. The highest BCUT2D eigenvalue weighted by Gasteiger charge is 2.36. The lowest BCUT2D eigenvalue weighted by molar-refractivity contribution is -0.136. The molecule has 3 heterocycles. The Morgan fingerprint density at radius 3 is 2.89 bits per heavy atom. The molecule has 1 unspecified atom stereocenters. The fourth-order valence-corrected chi connectivity index (χ4v) is 3.89. The van der Waals surface area contributed by atoms with Gasteiger partial charge in [0.15, 0.2) is 11.5 Å². The third-order valence-electron chi connectivity index (χ3n) is 5.05. The van der Waals surface area contributed by atoms with E-state index in [-0.39, 0.29) is 24.1 Å². The van der Waals surface area contributed by atoms with Crippen molar-refractivity contribution in [1.29, 1.82) is 0 Å². The van der Waals surface area contributed by atoms with Crippen molar-refractivity contribution in [3.05, 3.63) is 46.9 Å². The molecule has 0 saturated carbocycles. The number of carbonyl (C=O) groups is 2. The van der Waals surface area contributed by atoms with Crippen molar-refractivity contribution in [3.63, 3.8) is 0 Å². The van der Waals surface area contributed by atoms with Gasteiger partial charge in [-0.3, -0.25) is 9.59 Å². The van der Waals surface area contributed by atoms with Gasteiger partial charge in [-0.15, -0.1) is 0 Å². The highest BCUT2D eigenvalue weighted by atomic mass is 16.6. The van der Waals surface area contributed by atoms with Crippen LogP contribution in [0.15, 0.2) is 28.9 Å². The zero-order valence-electron chi connectivity index (χ0n) is 15.1. The predicted octanol–water partition coefficient (Wildman–Crippen LogP) is 2.96. The van der Waals surface area contributed by atoms with Gasteiger partial charge in [-0.2, -0.15) is 0 Å². The SMILES string of the molecule is Cc1coc(CC(=O)O)c1C(=O)N1CCCC1c1cccc2c1OCCO2. The summed E-state index contributed by atoms with van der Waals surface area (Å²) in [5.74, 6) is 0.367. The summed E-state index contributed by atoms with van der Waals surface area (Å²) in [5, 5.41) is 9.09. The van der Waals surface area contributed by atoms with Crippen molar-refractivity contribution in [3.8, 4) is 11.5 Å². The van der Waals surface area contributed by atoms with Crippen LogP contribution in [-0.4, -0.2) is 41.6 Å². The van der Waals surface area contributed by atoms with E-state index in [1.807, 2.05) is 18.2 Å². The first-order chi connectivity index (χ1) is 13.1. The molecule has 2 aromatic rings. The van der Waals surface area contributed by atoms with Crippen molar-refractivity contribution in [2.45, 2.75) is 32.2 Å². The minimum atomic E-state index is -1.03. The number of rotatable bonds is 4. The molecule has 142 valence electrons. The zero-order chi connectivity index (χ0) is 19.0. The highest BCUT2D eigenvalue weighted by molar-refractivity contribution is 5.98. The van der Waals surface area contributed by atoms with Gasteiger partial charge in [0.25, 0.3) is 5.91 Å². The van der Waals surface area contributed by atoms with Gasteiger partial charge in [-0.05, 0) is 25.8 Å². The average molecular weight is 371 g/mol.